The van der Waals surface area contributed by atoms with E-state index in [-0.39, 0.29) is 12.0 Å². The number of hydrogen-bond acceptors (Lipinski definition) is 3. The van der Waals surface area contributed by atoms with Crippen molar-refractivity contribution < 1.29 is 9.53 Å². The molecule has 0 saturated carbocycles. The van der Waals surface area contributed by atoms with E-state index >= 15 is 0 Å². The Hall–Kier alpha value is -2.14. The van der Waals surface area contributed by atoms with E-state index in [9.17, 15) is 4.79 Å². The highest BCUT2D eigenvalue weighted by Crippen LogP contribution is 2.17. The minimum absolute atomic E-state index is 0.0415. The SMILES string of the molecule is Cn1cccc1C(=O)N(Cc1ccncc1)C[C@H]1CCCO1. The van der Waals surface area contributed by atoms with Crippen molar-refractivity contribution in [1.82, 2.24) is 14.5 Å². The van der Waals surface area contributed by atoms with Crippen LogP contribution in [0.15, 0.2) is 42.9 Å². The van der Waals surface area contributed by atoms with Crippen LogP contribution >= 0.6 is 0 Å². The van der Waals surface area contributed by atoms with Gasteiger partial charge in [-0.05, 0) is 42.7 Å². The van der Waals surface area contributed by atoms with Gasteiger partial charge < -0.3 is 14.2 Å². The van der Waals surface area contributed by atoms with Crippen LogP contribution in [0.5, 0.6) is 0 Å². The van der Waals surface area contributed by atoms with Gasteiger partial charge in [0.1, 0.15) is 5.69 Å². The van der Waals surface area contributed by atoms with E-state index in [0.29, 0.717) is 18.8 Å². The van der Waals surface area contributed by atoms with E-state index in [4.69, 9.17) is 4.74 Å². The molecule has 116 valence electrons. The molecule has 1 saturated heterocycles. The summed E-state index contributed by atoms with van der Waals surface area (Å²) in [5.41, 5.74) is 1.78. The molecule has 3 heterocycles. The van der Waals surface area contributed by atoms with Crippen molar-refractivity contribution in [3.63, 3.8) is 0 Å². The first-order valence-corrected chi connectivity index (χ1v) is 7.65. The molecular weight excluding hydrogens is 278 g/mol. The van der Waals surface area contributed by atoms with Gasteiger partial charge in [0.25, 0.3) is 5.91 Å². The zero-order valence-electron chi connectivity index (χ0n) is 12.8. The van der Waals surface area contributed by atoms with Crippen LogP contribution in [0.1, 0.15) is 28.9 Å². The molecule has 1 fully saturated rings. The van der Waals surface area contributed by atoms with Gasteiger partial charge in [0, 0.05) is 45.3 Å². The highest BCUT2D eigenvalue weighted by atomic mass is 16.5. The summed E-state index contributed by atoms with van der Waals surface area (Å²) < 4.78 is 7.56. The van der Waals surface area contributed by atoms with Crippen molar-refractivity contribution in [2.24, 2.45) is 7.05 Å². The molecule has 5 nitrogen and oxygen atoms in total. The zero-order chi connectivity index (χ0) is 15.4. The number of hydrogen-bond donors (Lipinski definition) is 0. The maximum absolute atomic E-state index is 12.9. The minimum atomic E-state index is 0.0415. The smallest absolute Gasteiger partial charge is 0.270 e. The second-order valence-electron chi connectivity index (χ2n) is 5.68. The molecule has 0 radical (unpaired) electrons. The van der Waals surface area contributed by atoms with Crippen molar-refractivity contribution in [3.8, 4) is 0 Å². The molecule has 0 unspecified atom stereocenters. The van der Waals surface area contributed by atoms with Crippen molar-refractivity contribution >= 4 is 5.91 Å². The van der Waals surface area contributed by atoms with Gasteiger partial charge in [-0.2, -0.15) is 0 Å². The monoisotopic (exact) mass is 299 g/mol. The quantitative estimate of drug-likeness (QED) is 0.850. The third-order valence-electron chi connectivity index (χ3n) is 4.02. The van der Waals surface area contributed by atoms with Crippen LogP contribution in [0.2, 0.25) is 0 Å². The summed E-state index contributed by atoms with van der Waals surface area (Å²) in [7, 11) is 1.89. The lowest BCUT2D eigenvalue weighted by Gasteiger charge is -2.25. The summed E-state index contributed by atoms with van der Waals surface area (Å²) in [6.07, 6.45) is 7.65. The normalized spacial score (nSPS) is 17.6. The highest BCUT2D eigenvalue weighted by molar-refractivity contribution is 5.92. The van der Waals surface area contributed by atoms with Crippen molar-refractivity contribution in [1.29, 1.82) is 0 Å². The fourth-order valence-corrected chi connectivity index (χ4v) is 2.81. The lowest BCUT2D eigenvalue weighted by atomic mass is 10.2. The van der Waals surface area contributed by atoms with Gasteiger partial charge in [-0.1, -0.05) is 0 Å². The Morgan fingerprint density at radius 1 is 1.41 bits per heavy atom. The molecule has 1 aliphatic rings. The molecule has 5 heteroatoms. The van der Waals surface area contributed by atoms with Gasteiger partial charge in [-0.3, -0.25) is 9.78 Å². The molecule has 0 aliphatic carbocycles. The minimum Gasteiger partial charge on any atom is -0.376 e. The highest BCUT2D eigenvalue weighted by Gasteiger charge is 2.24. The topological polar surface area (TPSA) is 47.4 Å². The lowest BCUT2D eigenvalue weighted by Crippen LogP contribution is -2.37. The Morgan fingerprint density at radius 3 is 2.86 bits per heavy atom. The first kappa shape index (κ1) is 14.8. The predicted molar refractivity (Wildman–Crippen MR) is 83.4 cm³/mol. The summed E-state index contributed by atoms with van der Waals surface area (Å²) >= 11 is 0. The summed E-state index contributed by atoms with van der Waals surface area (Å²) in [5, 5.41) is 0. The Bertz CT molecular complexity index is 618. The standard InChI is InChI=1S/C17H21N3O2/c1-19-10-2-5-16(19)17(21)20(13-15-4-3-11-22-15)12-14-6-8-18-9-7-14/h2,5-10,15H,3-4,11-13H2,1H3/t15-/m1/s1. The van der Waals surface area contributed by atoms with Crippen LogP contribution in [-0.4, -0.2) is 39.6 Å². The number of aromatic nitrogens is 2. The van der Waals surface area contributed by atoms with E-state index in [0.717, 1.165) is 25.0 Å². The van der Waals surface area contributed by atoms with Crippen molar-refractivity contribution in [2.45, 2.75) is 25.5 Å². The first-order chi connectivity index (χ1) is 10.7. The molecule has 1 amide bonds. The van der Waals surface area contributed by atoms with Gasteiger partial charge in [-0.15, -0.1) is 0 Å². The fourth-order valence-electron chi connectivity index (χ4n) is 2.81. The molecule has 2 aromatic heterocycles. The van der Waals surface area contributed by atoms with E-state index in [2.05, 4.69) is 4.98 Å². The van der Waals surface area contributed by atoms with E-state index < -0.39 is 0 Å². The fraction of sp³-hybridized carbons (Fsp3) is 0.412. The van der Waals surface area contributed by atoms with Gasteiger partial charge in [0.2, 0.25) is 0 Å². The molecular formula is C17H21N3O2. The van der Waals surface area contributed by atoms with Crippen LogP contribution in [-0.2, 0) is 18.3 Å². The van der Waals surface area contributed by atoms with Crippen LogP contribution in [0.4, 0.5) is 0 Å². The Labute approximate surface area is 130 Å². The van der Waals surface area contributed by atoms with Crippen LogP contribution in [0, 0.1) is 0 Å². The molecule has 22 heavy (non-hydrogen) atoms. The number of aryl methyl sites for hydroxylation is 1. The van der Waals surface area contributed by atoms with E-state index in [1.54, 1.807) is 12.4 Å². The largest absolute Gasteiger partial charge is 0.376 e. The molecule has 2 aromatic rings. The van der Waals surface area contributed by atoms with E-state index in [1.165, 1.54) is 0 Å². The average molecular weight is 299 g/mol. The molecule has 0 bridgehead atoms. The van der Waals surface area contributed by atoms with E-state index in [1.807, 2.05) is 47.0 Å². The Kier molecular flexibility index (Phi) is 4.53. The van der Waals surface area contributed by atoms with Gasteiger partial charge in [0.05, 0.1) is 6.10 Å². The van der Waals surface area contributed by atoms with Gasteiger partial charge >= 0.3 is 0 Å². The zero-order valence-corrected chi connectivity index (χ0v) is 12.8. The molecule has 1 atom stereocenters. The number of ether oxygens (including phenoxy) is 1. The summed E-state index contributed by atoms with van der Waals surface area (Å²) in [4.78, 5) is 18.8. The number of carbonyl (C=O) groups is 1. The lowest BCUT2D eigenvalue weighted by molar-refractivity contribution is 0.0500. The molecule has 1 aliphatic heterocycles. The number of pyridine rings is 1. The summed E-state index contributed by atoms with van der Waals surface area (Å²) in [6.45, 7) is 2.00. The van der Waals surface area contributed by atoms with Crippen molar-refractivity contribution in [3.05, 3.63) is 54.1 Å². The average Bonchev–Trinajstić information content (AvgIpc) is 3.18. The van der Waals surface area contributed by atoms with Crippen LogP contribution in [0.3, 0.4) is 0 Å². The number of carbonyl (C=O) groups excluding carboxylic acids is 1. The van der Waals surface area contributed by atoms with Crippen LogP contribution < -0.4 is 0 Å². The number of amides is 1. The van der Waals surface area contributed by atoms with Gasteiger partial charge in [-0.25, -0.2) is 0 Å². The summed E-state index contributed by atoms with van der Waals surface area (Å²) in [5.74, 6) is 0.0415. The predicted octanol–water partition coefficient (Wildman–Crippen LogP) is 2.24. The molecule has 3 rings (SSSR count). The maximum Gasteiger partial charge on any atom is 0.270 e. The molecule has 0 aromatic carbocycles. The number of nitrogens with zero attached hydrogens (tertiary/aromatic N) is 3. The third kappa shape index (κ3) is 3.36. The second kappa shape index (κ2) is 6.75. The molecule has 0 spiro atoms. The number of rotatable bonds is 5. The third-order valence-corrected chi connectivity index (χ3v) is 4.02. The Morgan fingerprint density at radius 2 is 2.23 bits per heavy atom. The maximum atomic E-state index is 12.9. The summed E-state index contributed by atoms with van der Waals surface area (Å²) in [6, 6.07) is 7.64. The van der Waals surface area contributed by atoms with Gasteiger partial charge in [0.15, 0.2) is 0 Å². The van der Waals surface area contributed by atoms with Crippen molar-refractivity contribution in [2.75, 3.05) is 13.2 Å². The second-order valence-corrected chi connectivity index (χ2v) is 5.68. The van der Waals surface area contributed by atoms with Crippen LogP contribution in [0.25, 0.3) is 0 Å². The Balaban J connectivity index is 1.78. The molecule has 0 N–H and O–H groups in total. The first-order valence-electron chi connectivity index (χ1n) is 7.65.